The number of urea groups is 1. The summed E-state index contributed by atoms with van der Waals surface area (Å²) >= 11 is 0. The van der Waals surface area contributed by atoms with Gasteiger partial charge in [0.25, 0.3) is 5.56 Å². The fourth-order valence-corrected chi connectivity index (χ4v) is 4.31. The Bertz CT molecular complexity index is 1190. The fraction of sp³-hybridized carbons (Fsp3) is 0.375. The van der Waals surface area contributed by atoms with Crippen LogP contribution < -0.4 is 15.6 Å². The van der Waals surface area contributed by atoms with Gasteiger partial charge in [-0.3, -0.25) is 14.3 Å². The normalized spacial score (nSPS) is 17.9. The highest BCUT2D eigenvalue weighted by molar-refractivity contribution is 5.89. The highest BCUT2D eigenvalue weighted by Gasteiger charge is 2.31. The Morgan fingerprint density at radius 3 is 2.72 bits per heavy atom. The number of ether oxygens (including phenoxy) is 1. The van der Waals surface area contributed by atoms with Gasteiger partial charge in [0.05, 0.1) is 24.1 Å². The summed E-state index contributed by atoms with van der Waals surface area (Å²) in [5.41, 5.74) is 1.37. The van der Waals surface area contributed by atoms with E-state index in [-0.39, 0.29) is 23.7 Å². The molecule has 2 aromatic carbocycles. The number of methoxy groups -OCH3 is 1. The van der Waals surface area contributed by atoms with Crippen molar-refractivity contribution < 1.29 is 9.53 Å². The molecule has 0 spiro atoms. The Hall–Kier alpha value is -3.39. The lowest BCUT2D eigenvalue weighted by Gasteiger charge is -2.42. The van der Waals surface area contributed by atoms with E-state index in [2.05, 4.69) is 17.1 Å². The van der Waals surface area contributed by atoms with Crippen molar-refractivity contribution in [2.45, 2.75) is 25.9 Å². The number of benzene rings is 2. The van der Waals surface area contributed by atoms with Crippen LogP contribution in [0.3, 0.4) is 0 Å². The summed E-state index contributed by atoms with van der Waals surface area (Å²) in [6.45, 7) is 6.07. The van der Waals surface area contributed by atoms with Gasteiger partial charge >= 0.3 is 6.03 Å². The fourth-order valence-electron chi connectivity index (χ4n) is 4.31. The molecule has 32 heavy (non-hydrogen) atoms. The van der Waals surface area contributed by atoms with Crippen LogP contribution in [-0.4, -0.2) is 58.2 Å². The van der Waals surface area contributed by atoms with Gasteiger partial charge in [-0.1, -0.05) is 18.2 Å². The van der Waals surface area contributed by atoms with Gasteiger partial charge < -0.3 is 15.0 Å². The molecule has 0 saturated carbocycles. The number of amides is 2. The zero-order valence-electron chi connectivity index (χ0n) is 18.9. The van der Waals surface area contributed by atoms with Crippen LogP contribution >= 0.6 is 0 Å². The first-order valence-electron chi connectivity index (χ1n) is 10.8. The standard InChI is InChI=1S/C24H29N5O3/c1-16-15-28(12-13-29(16)24(31)25-18-8-7-9-19(14-18)32-4)17(2)22-26-21-11-6-5-10-20(21)23(30)27(22)3/h5-11,14,16-17H,12-13,15H2,1-4H3,(H,25,31). The number of fused-ring (bicyclic) bond motifs is 1. The van der Waals surface area contributed by atoms with Crippen LogP contribution in [0, 0.1) is 0 Å². The molecule has 2 atom stereocenters. The monoisotopic (exact) mass is 435 g/mol. The third kappa shape index (κ3) is 4.18. The van der Waals surface area contributed by atoms with Gasteiger partial charge in [0, 0.05) is 44.5 Å². The Kier molecular flexibility index (Phi) is 6.14. The largest absolute Gasteiger partial charge is 0.497 e. The van der Waals surface area contributed by atoms with Crippen molar-refractivity contribution in [2.24, 2.45) is 7.05 Å². The van der Waals surface area contributed by atoms with Gasteiger partial charge in [0.2, 0.25) is 0 Å². The van der Waals surface area contributed by atoms with Crippen molar-refractivity contribution in [3.05, 3.63) is 64.7 Å². The van der Waals surface area contributed by atoms with Crippen molar-refractivity contribution in [3.63, 3.8) is 0 Å². The van der Waals surface area contributed by atoms with E-state index in [1.165, 1.54) is 0 Å². The number of carbonyl (C=O) groups excluding carboxylic acids is 1. The minimum atomic E-state index is -0.130. The molecule has 4 rings (SSSR count). The molecule has 3 aromatic rings. The topological polar surface area (TPSA) is 79.7 Å². The van der Waals surface area contributed by atoms with Gasteiger partial charge in [-0.25, -0.2) is 9.78 Å². The quantitative estimate of drug-likeness (QED) is 0.681. The number of nitrogens with one attached hydrogen (secondary N) is 1. The van der Waals surface area contributed by atoms with Gasteiger partial charge in [-0.2, -0.15) is 0 Å². The summed E-state index contributed by atoms with van der Waals surface area (Å²) in [6.07, 6.45) is 0. The SMILES string of the molecule is COc1cccc(NC(=O)N2CCN(C(C)c3nc4ccccc4c(=O)n3C)CC2C)c1. The zero-order chi connectivity index (χ0) is 22.8. The maximum Gasteiger partial charge on any atom is 0.322 e. The summed E-state index contributed by atoms with van der Waals surface area (Å²) in [5.74, 6) is 1.43. The van der Waals surface area contributed by atoms with Crippen LogP contribution in [0.1, 0.15) is 25.7 Å². The third-order valence-corrected chi connectivity index (χ3v) is 6.18. The second-order valence-electron chi connectivity index (χ2n) is 8.23. The number of anilines is 1. The third-order valence-electron chi connectivity index (χ3n) is 6.18. The molecule has 1 saturated heterocycles. The molecule has 168 valence electrons. The predicted octanol–water partition coefficient (Wildman–Crippen LogP) is 3.24. The van der Waals surface area contributed by atoms with E-state index in [0.29, 0.717) is 42.0 Å². The van der Waals surface area contributed by atoms with Crippen LogP contribution in [0.5, 0.6) is 5.75 Å². The van der Waals surface area contributed by atoms with Crippen molar-refractivity contribution in [2.75, 3.05) is 32.1 Å². The van der Waals surface area contributed by atoms with Crippen molar-refractivity contribution >= 4 is 22.6 Å². The summed E-state index contributed by atoms with van der Waals surface area (Å²) in [5, 5.41) is 3.58. The molecule has 8 nitrogen and oxygen atoms in total. The lowest BCUT2D eigenvalue weighted by molar-refractivity contribution is 0.0796. The summed E-state index contributed by atoms with van der Waals surface area (Å²) in [4.78, 5) is 34.6. The van der Waals surface area contributed by atoms with Gasteiger partial charge in [-0.15, -0.1) is 0 Å². The number of aromatic nitrogens is 2. The molecule has 1 aliphatic rings. The van der Waals surface area contributed by atoms with E-state index in [1.807, 2.05) is 48.2 Å². The molecule has 0 bridgehead atoms. The lowest BCUT2D eigenvalue weighted by Crippen LogP contribution is -2.55. The number of hydrogen-bond acceptors (Lipinski definition) is 5. The maximum atomic E-state index is 12.9. The average Bonchev–Trinajstić information content (AvgIpc) is 2.81. The Balaban J connectivity index is 1.47. The highest BCUT2D eigenvalue weighted by Crippen LogP contribution is 2.24. The first-order chi connectivity index (χ1) is 15.4. The number of para-hydroxylation sites is 1. The van der Waals surface area contributed by atoms with E-state index in [9.17, 15) is 9.59 Å². The maximum absolute atomic E-state index is 12.9. The van der Waals surface area contributed by atoms with E-state index < -0.39 is 0 Å². The zero-order valence-corrected chi connectivity index (χ0v) is 18.9. The predicted molar refractivity (Wildman–Crippen MR) is 125 cm³/mol. The molecular weight excluding hydrogens is 406 g/mol. The summed E-state index contributed by atoms with van der Waals surface area (Å²) in [6, 6.07) is 14.6. The minimum absolute atomic E-state index is 0.00860. The number of nitrogens with zero attached hydrogens (tertiary/aromatic N) is 4. The Labute approximate surface area is 187 Å². The van der Waals surface area contributed by atoms with Crippen molar-refractivity contribution in [1.29, 1.82) is 0 Å². The van der Waals surface area contributed by atoms with Crippen molar-refractivity contribution in [3.8, 4) is 5.75 Å². The molecular formula is C24H29N5O3. The molecule has 0 radical (unpaired) electrons. The molecule has 1 N–H and O–H groups in total. The van der Waals surface area contributed by atoms with Gasteiger partial charge in [0.15, 0.2) is 0 Å². The van der Waals surface area contributed by atoms with Gasteiger partial charge in [0.1, 0.15) is 11.6 Å². The van der Waals surface area contributed by atoms with Crippen LogP contribution in [0.2, 0.25) is 0 Å². The summed E-state index contributed by atoms with van der Waals surface area (Å²) < 4.78 is 6.87. The number of carbonyl (C=O) groups is 1. The van der Waals surface area contributed by atoms with E-state index in [0.717, 1.165) is 5.82 Å². The number of hydrogen-bond donors (Lipinski definition) is 1. The van der Waals surface area contributed by atoms with Crippen LogP contribution in [0.15, 0.2) is 53.3 Å². The van der Waals surface area contributed by atoms with Crippen LogP contribution in [0.4, 0.5) is 10.5 Å². The average molecular weight is 436 g/mol. The van der Waals surface area contributed by atoms with Crippen molar-refractivity contribution in [1.82, 2.24) is 19.4 Å². The molecule has 1 aliphatic heterocycles. The minimum Gasteiger partial charge on any atom is -0.497 e. The van der Waals surface area contributed by atoms with E-state index in [1.54, 1.807) is 30.9 Å². The van der Waals surface area contributed by atoms with E-state index in [4.69, 9.17) is 9.72 Å². The number of rotatable bonds is 4. The molecule has 8 heteroatoms. The first kappa shape index (κ1) is 21.8. The molecule has 0 aliphatic carbocycles. The number of piperazine rings is 1. The van der Waals surface area contributed by atoms with Crippen LogP contribution in [-0.2, 0) is 7.05 Å². The highest BCUT2D eigenvalue weighted by atomic mass is 16.5. The van der Waals surface area contributed by atoms with Gasteiger partial charge in [-0.05, 0) is 38.1 Å². The Morgan fingerprint density at radius 1 is 1.19 bits per heavy atom. The molecule has 2 amide bonds. The molecule has 1 aromatic heterocycles. The smallest absolute Gasteiger partial charge is 0.322 e. The lowest BCUT2D eigenvalue weighted by atomic mass is 10.1. The second kappa shape index (κ2) is 9.00. The van der Waals surface area contributed by atoms with Crippen LogP contribution in [0.25, 0.3) is 10.9 Å². The molecule has 1 fully saturated rings. The molecule has 2 unspecified atom stereocenters. The van der Waals surface area contributed by atoms with E-state index >= 15 is 0 Å². The Morgan fingerprint density at radius 2 is 1.97 bits per heavy atom. The second-order valence-corrected chi connectivity index (χ2v) is 8.23. The molecule has 2 heterocycles. The first-order valence-corrected chi connectivity index (χ1v) is 10.8. The summed E-state index contributed by atoms with van der Waals surface area (Å²) in [7, 11) is 3.37.